The first kappa shape index (κ1) is 18.7. The lowest BCUT2D eigenvalue weighted by molar-refractivity contribution is -0.125. The number of rotatable bonds is 5. The molecule has 0 atom stereocenters. The van der Waals surface area contributed by atoms with Crippen LogP contribution in [0.3, 0.4) is 0 Å². The number of amides is 1. The van der Waals surface area contributed by atoms with Gasteiger partial charge in [0.05, 0.1) is 0 Å². The topological polar surface area (TPSA) is 51.3 Å². The van der Waals surface area contributed by atoms with Gasteiger partial charge >= 0.3 is 0 Å². The molecule has 0 fully saturated rings. The Labute approximate surface area is 159 Å². The maximum Gasteiger partial charge on any atom is 0.246 e. The molecule has 0 saturated heterocycles. The van der Waals surface area contributed by atoms with E-state index in [4.69, 9.17) is 4.52 Å². The van der Waals surface area contributed by atoms with Crippen molar-refractivity contribution in [3.05, 3.63) is 76.3 Å². The van der Waals surface area contributed by atoms with Gasteiger partial charge in [-0.1, -0.05) is 29.4 Å². The number of carbonyl (C=O) groups is 1. The number of benzene rings is 1. The molecule has 0 spiro atoms. The third-order valence-corrected chi connectivity index (χ3v) is 4.77. The molecular weight excluding hydrogens is 338 g/mol. The zero-order valence-corrected chi connectivity index (χ0v) is 16.5. The summed E-state index contributed by atoms with van der Waals surface area (Å²) in [6, 6.07) is 12.1. The lowest BCUT2D eigenvalue weighted by Gasteiger charge is -2.16. The Morgan fingerprint density at radius 2 is 1.93 bits per heavy atom. The average molecular weight is 363 g/mol. The maximum atomic E-state index is 12.5. The Hall–Kier alpha value is -3.08. The number of carbonyl (C=O) groups excluding carboxylic acids is 1. The van der Waals surface area contributed by atoms with Crippen LogP contribution < -0.4 is 0 Å². The van der Waals surface area contributed by atoms with Gasteiger partial charge in [0.2, 0.25) is 5.91 Å². The van der Waals surface area contributed by atoms with Crippen LogP contribution in [0.25, 0.3) is 11.9 Å². The van der Waals surface area contributed by atoms with Crippen LogP contribution >= 0.6 is 0 Å². The van der Waals surface area contributed by atoms with Crippen molar-refractivity contribution in [2.75, 3.05) is 7.05 Å². The summed E-state index contributed by atoms with van der Waals surface area (Å²) in [5.41, 5.74) is 5.40. The van der Waals surface area contributed by atoms with Crippen molar-refractivity contribution in [3.63, 3.8) is 0 Å². The van der Waals surface area contributed by atoms with E-state index >= 15 is 0 Å². The molecular formula is C22H25N3O2. The standard InChI is InChI=1S/C22H25N3O2/c1-15-8-6-7-9-20(15)14-24(5)22(26)11-10-19-12-16(2)25(18(19)4)21-13-17(3)27-23-21/h6-13H,14H2,1-5H3/b11-10+. The number of likely N-dealkylation sites (N-methyl/N-ethyl adjacent to an activating group) is 1. The SMILES string of the molecule is Cc1cc(-n2c(C)cc(/C=C/C(=O)N(C)Cc3ccccc3C)c2C)no1. The molecule has 140 valence electrons. The Kier molecular flexibility index (Phi) is 5.31. The van der Waals surface area contributed by atoms with Crippen LogP contribution in [-0.4, -0.2) is 27.6 Å². The number of hydrogen-bond acceptors (Lipinski definition) is 3. The zero-order valence-electron chi connectivity index (χ0n) is 16.5. The van der Waals surface area contributed by atoms with Crippen molar-refractivity contribution >= 4 is 12.0 Å². The second-order valence-electron chi connectivity index (χ2n) is 6.91. The van der Waals surface area contributed by atoms with Gasteiger partial charge in [0.25, 0.3) is 0 Å². The summed E-state index contributed by atoms with van der Waals surface area (Å²) in [5.74, 6) is 1.49. The van der Waals surface area contributed by atoms with E-state index in [-0.39, 0.29) is 5.91 Å². The molecule has 5 nitrogen and oxygen atoms in total. The number of aryl methyl sites for hydroxylation is 3. The molecule has 27 heavy (non-hydrogen) atoms. The molecule has 1 aromatic carbocycles. The van der Waals surface area contributed by atoms with Gasteiger partial charge in [0.1, 0.15) is 5.76 Å². The minimum absolute atomic E-state index is 0.0275. The van der Waals surface area contributed by atoms with Gasteiger partial charge in [-0.2, -0.15) is 0 Å². The Morgan fingerprint density at radius 1 is 1.19 bits per heavy atom. The first-order valence-electron chi connectivity index (χ1n) is 8.97. The van der Waals surface area contributed by atoms with Gasteiger partial charge in [-0.15, -0.1) is 0 Å². The van der Waals surface area contributed by atoms with Crippen molar-refractivity contribution < 1.29 is 9.32 Å². The van der Waals surface area contributed by atoms with E-state index in [0.717, 1.165) is 34.1 Å². The number of nitrogens with zero attached hydrogens (tertiary/aromatic N) is 3. The molecule has 0 aliphatic heterocycles. The van der Waals surface area contributed by atoms with E-state index in [1.165, 1.54) is 5.56 Å². The molecule has 3 rings (SSSR count). The van der Waals surface area contributed by atoms with E-state index in [0.29, 0.717) is 6.54 Å². The lowest BCUT2D eigenvalue weighted by atomic mass is 10.1. The van der Waals surface area contributed by atoms with Gasteiger partial charge < -0.3 is 9.42 Å². The van der Waals surface area contributed by atoms with Crippen LogP contribution in [0.4, 0.5) is 0 Å². The number of aromatic nitrogens is 2. The Balaban J connectivity index is 1.76. The van der Waals surface area contributed by atoms with E-state index in [9.17, 15) is 4.79 Å². The van der Waals surface area contributed by atoms with Crippen LogP contribution in [0.15, 0.2) is 47.0 Å². The minimum Gasteiger partial charge on any atom is -0.360 e. The molecule has 2 heterocycles. The van der Waals surface area contributed by atoms with Crippen LogP contribution in [0.5, 0.6) is 0 Å². The molecule has 0 N–H and O–H groups in total. The van der Waals surface area contributed by atoms with Gasteiger partial charge in [-0.3, -0.25) is 9.36 Å². The third-order valence-electron chi connectivity index (χ3n) is 4.77. The average Bonchev–Trinajstić information content (AvgIpc) is 3.17. The highest BCUT2D eigenvalue weighted by atomic mass is 16.5. The lowest BCUT2D eigenvalue weighted by Crippen LogP contribution is -2.24. The van der Waals surface area contributed by atoms with Crippen molar-refractivity contribution in [2.45, 2.75) is 34.2 Å². The van der Waals surface area contributed by atoms with E-state index in [1.807, 2.05) is 62.7 Å². The second-order valence-corrected chi connectivity index (χ2v) is 6.91. The fourth-order valence-electron chi connectivity index (χ4n) is 3.18. The largest absolute Gasteiger partial charge is 0.360 e. The molecule has 0 aliphatic carbocycles. The summed E-state index contributed by atoms with van der Waals surface area (Å²) in [7, 11) is 1.82. The second kappa shape index (κ2) is 7.66. The molecule has 5 heteroatoms. The highest BCUT2D eigenvalue weighted by Crippen LogP contribution is 2.21. The molecule has 0 unspecified atom stereocenters. The highest BCUT2D eigenvalue weighted by Gasteiger charge is 2.13. The predicted octanol–water partition coefficient (Wildman–Crippen LogP) is 4.37. The van der Waals surface area contributed by atoms with E-state index in [2.05, 4.69) is 24.2 Å². The molecule has 3 aromatic rings. The quantitative estimate of drug-likeness (QED) is 0.633. The van der Waals surface area contributed by atoms with Gasteiger partial charge in [0.15, 0.2) is 5.82 Å². The summed E-state index contributed by atoms with van der Waals surface area (Å²) < 4.78 is 7.21. The van der Waals surface area contributed by atoms with Gasteiger partial charge in [0, 0.05) is 37.1 Å². The molecule has 0 aliphatic rings. The van der Waals surface area contributed by atoms with E-state index < -0.39 is 0 Å². The maximum absolute atomic E-state index is 12.5. The molecule has 2 aromatic heterocycles. The zero-order chi connectivity index (χ0) is 19.6. The van der Waals surface area contributed by atoms with Crippen LogP contribution in [0.1, 0.15) is 33.8 Å². The minimum atomic E-state index is -0.0275. The predicted molar refractivity (Wildman–Crippen MR) is 107 cm³/mol. The molecule has 1 amide bonds. The normalized spacial score (nSPS) is 11.3. The number of hydrogen-bond donors (Lipinski definition) is 0. The van der Waals surface area contributed by atoms with Gasteiger partial charge in [-0.25, -0.2) is 0 Å². The molecule has 0 radical (unpaired) electrons. The summed E-state index contributed by atoms with van der Waals surface area (Å²) in [5, 5.41) is 4.09. The Morgan fingerprint density at radius 3 is 2.59 bits per heavy atom. The third kappa shape index (κ3) is 4.03. The fraction of sp³-hybridized carbons (Fsp3) is 0.273. The van der Waals surface area contributed by atoms with Crippen molar-refractivity contribution in [2.24, 2.45) is 0 Å². The molecule has 0 bridgehead atoms. The monoisotopic (exact) mass is 363 g/mol. The summed E-state index contributed by atoms with van der Waals surface area (Å²) in [4.78, 5) is 14.2. The summed E-state index contributed by atoms with van der Waals surface area (Å²) >= 11 is 0. The first-order valence-corrected chi connectivity index (χ1v) is 8.97. The van der Waals surface area contributed by atoms with Crippen LogP contribution in [0, 0.1) is 27.7 Å². The highest BCUT2D eigenvalue weighted by molar-refractivity contribution is 5.91. The molecule has 0 saturated carbocycles. The van der Waals surface area contributed by atoms with Crippen LogP contribution in [-0.2, 0) is 11.3 Å². The fourth-order valence-corrected chi connectivity index (χ4v) is 3.18. The summed E-state index contributed by atoms with van der Waals surface area (Å²) in [6.07, 6.45) is 3.49. The summed E-state index contributed by atoms with van der Waals surface area (Å²) in [6.45, 7) is 8.55. The Bertz CT molecular complexity index is 995. The smallest absolute Gasteiger partial charge is 0.246 e. The van der Waals surface area contributed by atoms with Crippen molar-refractivity contribution in [1.29, 1.82) is 0 Å². The van der Waals surface area contributed by atoms with Crippen LogP contribution in [0.2, 0.25) is 0 Å². The van der Waals surface area contributed by atoms with E-state index in [1.54, 1.807) is 11.0 Å². The van der Waals surface area contributed by atoms with Gasteiger partial charge in [-0.05, 0) is 56.5 Å². The first-order chi connectivity index (χ1) is 12.9. The van der Waals surface area contributed by atoms with Crippen molar-refractivity contribution in [3.8, 4) is 5.82 Å². The van der Waals surface area contributed by atoms with Crippen molar-refractivity contribution in [1.82, 2.24) is 14.6 Å².